The SMILES string of the molecule is N=C(N)c1ccc(N2CC(CN3CCN(CC(=O)OCc4ccccc4)CC3)OC2=O)cc1. The molecule has 0 saturated carbocycles. The highest BCUT2D eigenvalue weighted by Gasteiger charge is 2.34. The van der Waals surface area contributed by atoms with Gasteiger partial charge in [-0.3, -0.25) is 24.9 Å². The summed E-state index contributed by atoms with van der Waals surface area (Å²) in [5.74, 6) is -0.226. The molecule has 3 N–H and O–H groups in total. The molecular weight excluding hydrogens is 422 g/mol. The van der Waals surface area contributed by atoms with Gasteiger partial charge in [-0.05, 0) is 29.8 Å². The van der Waals surface area contributed by atoms with Gasteiger partial charge in [0.05, 0.1) is 13.1 Å². The number of amidine groups is 1. The van der Waals surface area contributed by atoms with E-state index in [0.29, 0.717) is 25.3 Å². The summed E-state index contributed by atoms with van der Waals surface area (Å²) < 4.78 is 10.9. The molecule has 2 aromatic rings. The molecule has 0 aliphatic carbocycles. The van der Waals surface area contributed by atoms with Crippen LogP contribution in [0, 0.1) is 5.41 Å². The summed E-state index contributed by atoms with van der Waals surface area (Å²) in [7, 11) is 0. The van der Waals surface area contributed by atoms with E-state index >= 15 is 0 Å². The zero-order chi connectivity index (χ0) is 23.2. The summed E-state index contributed by atoms with van der Waals surface area (Å²) in [6.07, 6.45) is -0.581. The molecule has 1 amide bonds. The highest BCUT2D eigenvalue weighted by molar-refractivity contribution is 5.96. The topological polar surface area (TPSA) is 112 Å². The number of rotatable bonds is 8. The summed E-state index contributed by atoms with van der Waals surface area (Å²) in [6, 6.07) is 16.6. The number of anilines is 1. The van der Waals surface area contributed by atoms with Crippen molar-refractivity contribution in [3.05, 3.63) is 65.7 Å². The van der Waals surface area contributed by atoms with Crippen LogP contribution in [0.25, 0.3) is 0 Å². The van der Waals surface area contributed by atoms with Crippen LogP contribution >= 0.6 is 0 Å². The average Bonchev–Trinajstić information content (AvgIpc) is 3.19. The Balaban J connectivity index is 1.19. The average molecular weight is 452 g/mol. The highest BCUT2D eigenvalue weighted by Crippen LogP contribution is 2.23. The Morgan fingerprint density at radius 3 is 2.36 bits per heavy atom. The van der Waals surface area contributed by atoms with Crippen LogP contribution in [0.1, 0.15) is 11.1 Å². The van der Waals surface area contributed by atoms with Gasteiger partial charge in [-0.1, -0.05) is 30.3 Å². The van der Waals surface area contributed by atoms with Crippen LogP contribution in [0.3, 0.4) is 0 Å². The third-order valence-electron chi connectivity index (χ3n) is 5.89. The number of amides is 1. The van der Waals surface area contributed by atoms with E-state index in [4.69, 9.17) is 20.6 Å². The van der Waals surface area contributed by atoms with Gasteiger partial charge < -0.3 is 15.2 Å². The lowest BCUT2D eigenvalue weighted by atomic mass is 10.2. The van der Waals surface area contributed by atoms with Gasteiger partial charge >= 0.3 is 12.1 Å². The Bertz CT molecular complexity index is 974. The van der Waals surface area contributed by atoms with Crippen LogP contribution in [0.4, 0.5) is 10.5 Å². The summed E-state index contributed by atoms with van der Waals surface area (Å²) >= 11 is 0. The van der Waals surface area contributed by atoms with Crippen LogP contribution in [0.2, 0.25) is 0 Å². The summed E-state index contributed by atoms with van der Waals surface area (Å²) in [6.45, 7) is 4.82. The number of nitrogens with zero attached hydrogens (tertiary/aromatic N) is 3. The first kappa shape index (κ1) is 22.8. The number of nitrogens with one attached hydrogen (secondary N) is 1. The molecule has 9 nitrogen and oxygen atoms in total. The lowest BCUT2D eigenvalue weighted by molar-refractivity contribution is -0.146. The Labute approximate surface area is 193 Å². The fraction of sp³-hybridized carbons (Fsp3) is 0.375. The number of nitrogens with two attached hydrogens (primary N) is 1. The monoisotopic (exact) mass is 451 g/mol. The van der Waals surface area contributed by atoms with E-state index in [9.17, 15) is 9.59 Å². The number of cyclic esters (lactones) is 1. The first-order valence-electron chi connectivity index (χ1n) is 11.0. The van der Waals surface area contributed by atoms with Gasteiger partial charge in [0.25, 0.3) is 0 Å². The Kier molecular flexibility index (Phi) is 7.21. The van der Waals surface area contributed by atoms with Crippen molar-refractivity contribution in [1.29, 1.82) is 5.41 Å². The number of ether oxygens (including phenoxy) is 2. The van der Waals surface area contributed by atoms with Crippen LogP contribution < -0.4 is 10.6 Å². The number of carbonyl (C=O) groups is 2. The van der Waals surface area contributed by atoms with E-state index in [2.05, 4.69) is 9.80 Å². The van der Waals surface area contributed by atoms with Crippen molar-refractivity contribution in [3.63, 3.8) is 0 Å². The minimum Gasteiger partial charge on any atom is -0.460 e. The molecule has 4 rings (SSSR count). The summed E-state index contributed by atoms with van der Waals surface area (Å²) in [5.41, 5.74) is 7.81. The van der Waals surface area contributed by atoms with Gasteiger partial charge in [-0.25, -0.2) is 4.79 Å². The summed E-state index contributed by atoms with van der Waals surface area (Å²) in [4.78, 5) is 30.4. The van der Waals surface area contributed by atoms with Gasteiger partial charge in [0.15, 0.2) is 0 Å². The molecule has 0 radical (unpaired) electrons. The molecule has 33 heavy (non-hydrogen) atoms. The number of carbonyl (C=O) groups excluding carboxylic acids is 2. The molecule has 1 unspecified atom stereocenters. The maximum atomic E-state index is 12.3. The number of benzene rings is 2. The Hall–Kier alpha value is -3.43. The molecule has 174 valence electrons. The van der Waals surface area contributed by atoms with Crippen molar-refractivity contribution < 1.29 is 19.1 Å². The second kappa shape index (κ2) is 10.5. The minimum atomic E-state index is -0.365. The number of piperazine rings is 1. The van der Waals surface area contributed by atoms with E-state index < -0.39 is 0 Å². The predicted octanol–water partition coefficient (Wildman–Crippen LogP) is 1.66. The number of nitrogen functional groups attached to an aromatic ring is 1. The van der Waals surface area contributed by atoms with Crippen LogP contribution in [-0.2, 0) is 20.9 Å². The van der Waals surface area contributed by atoms with Crippen molar-refractivity contribution >= 4 is 23.6 Å². The zero-order valence-corrected chi connectivity index (χ0v) is 18.5. The lowest BCUT2D eigenvalue weighted by Gasteiger charge is -2.34. The highest BCUT2D eigenvalue weighted by atomic mass is 16.6. The Morgan fingerprint density at radius 1 is 1.03 bits per heavy atom. The molecule has 2 aliphatic rings. The van der Waals surface area contributed by atoms with Crippen LogP contribution in [0.5, 0.6) is 0 Å². The molecular formula is C24H29N5O4. The largest absolute Gasteiger partial charge is 0.460 e. The molecule has 0 bridgehead atoms. The van der Waals surface area contributed by atoms with Crippen molar-refractivity contribution in [2.45, 2.75) is 12.7 Å². The van der Waals surface area contributed by atoms with Crippen molar-refractivity contribution in [3.8, 4) is 0 Å². The second-order valence-electron chi connectivity index (χ2n) is 8.30. The number of hydrogen-bond acceptors (Lipinski definition) is 7. The first-order valence-corrected chi connectivity index (χ1v) is 11.0. The normalized spacial score (nSPS) is 19.3. The smallest absolute Gasteiger partial charge is 0.414 e. The molecule has 1 atom stereocenters. The lowest BCUT2D eigenvalue weighted by Crippen LogP contribution is -2.50. The van der Waals surface area contributed by atoms with E-state index in [-0.39, 0.29) is 30.5 Å². The minimum absolute atomic E-state index is 0.00738. The third-order valence-corrected chi connectivity index (χ3v) is 5.89. The fourth-order valence-electron chi connectivity index (χ4n) is 4.03. The Morgan fingerprint density at radius 2 is 1.70 bits per heavy atom. The molecule has 0 aromatic heterocycles. The first-order chi connectivity index (χ1) is 16.0. The van der Waals surface area contributed by atoms with E-state index in [1.54, 1.807) is 29.2 Å². The van der Waals surface area contributed by atoms with Crippen LogP contribution in [0.15, 0.2) is 54.6 Å². The molecule has 9 heteroatoms. The summed E-state index contributed by atoms with van der Waals surface area (Å²) in [5, 5.41) is 7.48. The molecule has 0 spiro atoms. The van der Waals surface area contributed by atoms with Gasteiger partial charge in [-0.15, -0.1) is 0 Å². The number of hydrogen-bond donors (Lipinski definition) is 2. The molecule has 2 aliphatic heterocycles. The van der Waals surface area contributed by atoms with Gasteiger partial charge in [0.2, 0.25) is 0 Å². The van der Waals surface area contributed by atoms with Gasteiger partial charge in [0, 0.05) is 44.0 Å². The van der Waals surface area contributed by atoms with Crippen molar-refractivity contribution in [1.82, 2.24) is 9.80 Å². The predicted molar refractivity (Wildman–Crippen MR) is 124 cm³/mol. The van der Waals surface area contributed by atoms with Crippen molar-refractivity contribution in [2.75, 3.05) is 50.7 Å². The quantitative estimate of drug-likeness (QED) is 0.357. The molecule has 2 heterocycles. The third kappa shape index (κ3) is 6.09. The molecule has 2 fully saturated rings. The van der Waals surface area contributed by atoms with E-state index in [0.717, 1.165) is 37.4 Å². The molecule has 2 saturated heterocycles. The standard InChI is InChI=1S/C24H29N5O4/c25-23(26)19-6-8-20(9-7-19)29-15-21(33-24(29)31)14-27-10-12-28(13-11-27)16-22(30)32-17-18-4-2-1-3-5-18/h1-9,21H,10-17H2,(H3,25,26). The van der Waals surface area contributed by atoms with Gasteiger partial charge in [0.1, 0.15) is 18.5 Å². The zero-order valence-electron chi connectivity index (χ0n) is 18.5. The fourth-order valence-corrected chi connectivity index (χ4v) is 4.03. The maximum Gasteiger partial charge on any atom is 0.414 e. The number of esters is 1. The van der Waals surface area contributed by atoms with Crippen LogP contribution in [-0.4, -0.2) is 79.6 Å². The molecule has 2 aromatic carbocycles. The van der Waals surface area contributed by atoms with E-state index in [1.165, 1.54) is 0 Å². The maximum absolute atomic E-state index is 12.3. The van der Waals surface area contributed by atoms with Gasteiger partial charge in [-0.2, -0.15) is 0 Å². The van der Waals surface area contributed by atoms with Crippen molar-refractivity contribution in [2.24, 2.45) is 5.73 Å². The second-order valence-corrected chi connectivity index (χ2v) is 8.30. The van der Waals surface area contributed by atoms with E-state index in [1.807, 2.05) is 30.3 Å².